The van der Waals surface area contributed by atoms with Crippen LogP contribution in [0.4, 0.5) is 0 Å². The first-order chi connectivity index (χ1) is 15.8. The molecule has 0 radical (unpaired) electrons. The summed E-state index contributed by atoms with van der Waals surface area (Å²) in [6, 6.07) is 7.76. The van der Waals surface area contributed by atoms with E-state index in [1.807, 2.05) is 51.2 Å². The Bertz CT molecular complexity index is 1210. The van der Waals surface area contributed by atoms with Gasteiger partial charge in [0.2, 0.25) is 0 Å². The Labute approximate surface area is 194 Å². The molecule has 0 aromatic carbocycles. The number of amides is 1. The van der Waals surface area contributed by atoms with E-state index >= 15 is 0 Å². The number of hydrogen-bond acceptors (Lipinski definition) is 5. The third-order valence-corrected chi connectivity index (χ3v) is 6.76. The van der Waals surface area contributed by atoms with Crippen molar-refractivity contribution in [2.75, 3.05) is 6.54 Å². The van der Waals surface area contributed by atoms with Crippen molar-refractivity contribution in [1.29, 1.82) is 0 Å². The van der Waals surface area contributed by atoms with Crippen molar-refractivity contribution in [3.63, 3.8) is 0 Å². The van der Waals surface area contributed by atoms with E-state index < -0.39 is 0 Å². The average molecular weight is 446 g/mol. The molecule has 0 atom stereocenters. The van der Waals surface area contributed by atoms with E-state index in [9.17, 15) is 9.59 Å². The van der Waals surface area contributed by atoms with Crippen LogP contribution >= 0.6 is 0 Å². The zero-order chi connectivity index (χ0) is 23.5. The number of pyridine rings is 2. The van der Waals surface area contributed by atoms with Gasteiger partial charge in [-0.25, -0.2) is 9.97 Å². The minimum absolute atomic E-state index is 0.241. The fraction of sp³-hybridized carbons (Fsp3) is 0.423. The molecular formula is C26H31N5O2. The maximum absolute atomic E-state index is 12.8. The zero-order valence-corrected chi connectivity index (χ0v) is 19.8. The normalized spacial score (nSPS) is 18.2. The molecule has 0 saturated heterocycles. The zero-order valence-electron chi connectivity index (χ0n) is 19.8. The molecule has 3 heterocycles. The molecule has 1 N–H and O–H groups in total. The van der Waals surface area contributed by atoms with Gasteiger partial charge in [0.05, 0.1) is 11.4 Å². The van der Waals surface area contributed by atoms with Crippen LogP contribution in [0.15, 0.2) is 41.5 Å². The number of aromatic nitrogens is 4. The molecule has 0 spiro atoms. The first-order valence-electron chi connectivity index (χ1n) is 11.6. The van der Waals surface area contributed by atoms with Gasteiger partial charge in [0.1, 0.15) is 11.4 Å². The number of aryl methyl sites for hydroxylation is 3. The van der Waals surface area contributed by atoms with Crippen molar-refractivity contribution in [2.24, 2.45) is 13.0 Å². The first kappa shape index (κ1) is 22.8. The quantitative estimate of drug-likeness (QED) is 0.644. The molecule has 1 aliphatic carbocycles. The summed E-state index contributed by atoms with van der Waals surface area (Å²) >= 11 is 0. The number of carbonyl (C=O) groups is 1. The summed E-state index contributed by atoms with van der Waals surface area (Å²) in [5, 5.41) is 3.01. The summed E-state index contributed by atoms with van der Waals surface area (Å²) in [5.41, 5.74) is 4.54. The van der Waals surface area contributed by atoms with Gasteiger partial charge in [-0.1, -0.05) is 6.07 Å². The summed E-state index contributed by atoms with van der Waals surface area (Å²) in [4.78, 5) is 39.0. The van der Waals surface area contributed by atoms with E-state index in [1.165, 1.54) is 4.57 Å². The number of nitrogens with one attached hydrogen (secondary N) is 1. The second-order valence-corrected chi connectivity index (χ2v) is 9.07. The third kappa shape index (κ3) is 4.87. The van der Waals surface area contributed by atoms with Crippen molar-refractivity contribution < 1.29 is 4.79 Å². The highest BCUT2D eigenvalue weighted by atomic mass is 16.2. The van der Waals surface area contributed by atoms with Crippen molar-refractivity contribution >= 4 is 5.91 Å². The second-order valence-electron chi connectivity index (χ2n) is 9.07. The summed E-state index contributed by atoms with van der Waals surface area (Å²) in [7, 11) is 1.70. The van der Waals surface area contributed by atoms with Crippen molar-refractivity contribution in [3.05, 3.63) is 75.4 Å². The molecule has 0 unspecified atom stereocenters. The van der Waals surface area contributed by atoms with Crippen LogP contribution in [0.3, 0.4) is 0 Å². The van der Waals surface area contributed by atoms with E-state index in [4.69, 9.17) is 4.98 Å². The molecule has 33 heavy (non-hydrogen) atoms. The van der Waals surface area contributed by atoms with Crippen molar-refractivity contribution in [2.45, 2.75) is 52.4 Å². The molecule has 1 amide bonds. The highest BCUT2D eigenvalue weighted by Gasteiger charge is 2.27. The fourth-order valence-electron chi connectivity index (χ4n) is 4.74. The van der Waals surface area contributed by atoms with E-state index in [0.29, 0.717) is 18.4 Å². The van der Waals surface area contributed by atoms with Gasteiger partial charge >= 0.3 is 0 Å². The number of carbonyl (C=O) groups excluding carboxylic acids is 1. The summed E-state index contributed by atoms with van der Waals surface area (Å²) < 4.78 is 1.52. The Morgan fingerprint density at radius 1 is 1.12 bits per heavy atom. The van der Waals surface area contributed by atoms with Gasteiger partial charge in [-0.2, -0.15) is 0 Å². The predicted molar refractivity (Wildman–Crippen MR) is 128 cm³/mol. The van der Waals surface area contributed by atoms with Crippen LogP contribution in [0.2, 0.25) is 0 Å². The molecule has 7 heteroatoms. The van der Waals surface area contributed by atoms with Gasteiger partial charge in [0.25, 0.3) is 11.5 Å². The summed E-state index contributed by atoms with van der Waals surface area (Å²) in [6.07, 6.45) is 7.68. The molecule has 0 bridgehead atoms. The van der Waals surface area contributed by atoms with Crippen LogP contribution in [0.25, 0.3) is 11.3 Å². The summed E-state index contributed by atoms with van der Waals surface area (Å²) in [5.74, 6) is 1.23. The minimum atomic E-state index is -0.279. The van der Waals surface area contributed by atoms with E-state index in [0.717, 1.165) is 59.7 Å². The molecule has 1 aliphatic rings. The maximum Gasteiger partial charge on any atom is 0.263 e. The monoisotopic (exact) mass is 445 g/mol. The van der Waals surface area contributed by atoms with Gasteiger partial charge in [-0.3, -0.25) is 14.6 Å². The SMILES string of the molecule is Cc1ncc(-c2ccccn2)c(C2CCC(CNC(=O)c3c(C)cc(C)n(C)c3=O)CC2)n1. The molecular weight excluding hydrogens is 414 g/mol. The number of rotatable bonds is 5. The highest BCUT2D eigenvalue weighted by molar-refractivity contribution is 5.95. The van der Waals surface area contributed by atoms with Crippen LogP contribution in [0.1, 0.15) is 64.7 Å². The topological polar surface area (TPSA) is 89.8 Å². The second kappa shape index (κ2) is 9.65. The lowest BCUT2D eigenvalue weighted by Crippen LogP contribution is -2.37. The molecule has 1 fully saturated rings. The van der Waals surface area contributed by atoms with E-state index in [2.05, 4.69) is 15.3 Å². The Morgan fingerprint density at radius 3 is 2.58 bits per heavy atom. The van der Waals surface area contributed by atoms with Gasteiger partial charge in [-0.15, -0.1) is 0 Å². The average Bonchev–Trinajstić information content (AvgIpc) is 2.82. The van der Waals surface area contributed by atoms with Gasteiger partial charge in [-0.05, 0) is 76.1 Å². The van der Waals surface area contributed by atoms with Gasteiger partial charge in [0.15, 0.2) is 0 Å². The molecule has 7 nitrogen and oxygen atoms in total. The maximum atomic E-state index is 12.8. The van der Waals surface area contributed by atoms with Crippen LogP contribution in [0.5, 0.6) is 0 Å². The predicted octanol–water partition coefficient (Wildman–Crippen LogP) is 3.87. The standard InChI is InChI=1S/C26H31N5O2/c1-16-13-17(2)31(4)26(33)23(16)25(32)29-14-19-8-10-20(11-9-19)24-21(15-28-18(3)30-24)22-7-5-6-12-27-22/h5-7,12-13,15,19-20H,8-11,14H2,1-4H3,(H,29,32). The largest absolute Gasteiger partial charge is 0.352 e. The molecule has 3 aromatic rings. The fourth-order valence-corrected chi connectivity index (χ4v) is 4.74. The van der Waals surface area contributed by atoms with Gasteiger partial charge < -0.3 is 9.88 Å². The smallest absolute Gasteiger partial charge is 0.263 e. The molecule has 3 aromatic heterocycles. The lowest BCUT2D eigenvalue weighted by atomic mass is 9.79. The van der Waals surface area contributed by atoms with Crippen LogP contribution < -0.4 is 10.9 Å². The molecule has 0 aliphatic heterocycles. The molecule has 1 saturated carbocycles. The van der Waals surface area contributed by atoms with Gasteiger partial charge in [0, 0.05) is 43.2 Å². The minimum Gasteiger partial charge on any atom is -0.352 e. The van der Waals surface area contributed by atoms with Crippen LogP contribution in [-0.4, -0.2) is 32.0 Å². The van der Waals surface area contributed by atoms with Crippen LogP contribution in [-0.2, 0) is 7.05 Å². The lowest BCUT2D eigenvalue weighted by molar-refractivity contribution is 0.0940. The Morgan fingerprint density at radius 2 is 1.88 bits per heavy atom. The number of nitrogens with zero attached hydrogens (tertiary/aromatic N) is 4. The van der Waals surface area contributed by atoms with Crippen LogP contribution in [0, 0.1) is 26.7 Å². The summed E-state index contributed by atoms with van der Waals surface area (Å²) in [6.45, 7) is 6.19. The number of hydrogen-bond donors (Lipinski definition) is 1. The van der Waals surface area contributed by atoms with Crippen molar-refractivity contribution in [1.82, 2.24) is 24.8 Å². The lowest BCUT2D eigenvalue weighted by Gasteiger charge is -2.29. The molecule has 172 valence electrons. The Kier molecular flexibility index (Phi) is 6.67. The van der Waals surface area contributed by atoms with E-state index in [-0.39, 0.29) is 17.0 Å². The first-order valence-corrected chi connectivity index (χ1v) is 11.6. The van der Waals surface area contributed by atoms with E-state index in [1.54, 1.807) is 13.2 Å². The molecule has 4 rings (SSSR count). The van der Waals surface area contributed by atoms with Crippen molar-refractivity contribution in [3.8, 4) is 11.3 Å². The Balaban J connectivity index is 1.41. The Hall–Kier alpha value is -3.35. The highest BCUT2D eigenvalue weighted by Crippen LogP contribution is 2.38. The third-order valence-electron chi connectivity index (χ3n) is 6.76.